The van der Waals surface area contributed by atoms with Gasteiger partial charge in [0, 0.05) is 18.6 Å². The number of likely N-dealkylation sites (N-methyl/N-ethyl adjacent to an activating group) is 1. The fourth-order valence-corrected chi connectivity index (χ4v) is 5.27. The standard InChI is InChI=1S/C26H28ClN3O5S/c1-19(26(32)28-2)29(17-20-8-7-9-21(27)16-20)25(31)18-30(22-12-14-23(35-3)15-13-22)36(33,34)24-10-5-4-6-11-24/h4-16,19H,17-18H2,1-3H3,(H,28,32). The number of ether oxygens (including phenoxy) is 1. The number of benzene rings is 3. The molecule has 0 aromatic heterocycles. The smallest absolute Gasteiger partial charge is 0.264 e. The molecule has 10 heteroatoms. The minimum atomic E-state index is -4.11. The van der Waals surface area contributed by atoms with Crippen LogP contribution in [0, 0.1) is 0 Å². The molecule has 1 unspecified atom stereocenters. The van der Waals surface area contributed by atoms with E-state index in [1.807, 2.05) is 0 Å². The van der Waals surface area contributed by atoms with Crippen molar-refractivity contribution >= 4 is 39.1 Å². The summed E-state index contributed by atoms with van der Waals surface area (Å²) in [5.41, 5.74) is 0.983. The summed E-state index contributed by atoms with van der Waals surface area (Å²) in [6.07, 6.45) is 0. The van der Waals surface area contributed by atoms with E-state index in [0.29, 0.717) is 16.3 Å². The van der Waals surface area contributed by atoms with Gasteiger partial charge in [-0.1, -0.05) is 41.9 Å². The molecule has 1 atom stereocenters. The highest BCUT2D eigenvalue weighted by atomic mass is 35.5. The van der Waals surface area contributed by atoms with Crippen LogP contribution >= 0.6 is 11.6 Å². The Hall–Kier alpha value is -3.56. The van der Waals surface area contributed by atoms with E-state index >= 15 is 0 Å². The third kappa shape index (κ3) is 6.35. The summed E-state index contributed by atoms with van der Waals surface area (Å²) < 4.78 is 33.5. The molecule has 0 spiro atoms. The first kappa shape index (κ1) is 27.0. The molecule has 0 aliphatic heterocycles. The van der Waals surface area contributed by atoms with Gasteiger partial charge in [-0.3, -0.25) is 13.9 Å². The van der Waals surface area contributed by atoms with Crippen molar-refractivity contribution in [2.24, 2.45) is 0 Å². The maximum absolute atomic E-state index is 13.7. The number of amides is 2. The Bertz CT molecular complexity index is 1300. The van der Waals surface area contributed by atoms with Crippen molar-refractivity contribution in [2.45, 2.75) is 24.4 Å². The van der Waals surface area contributed by atoms with E-state index in [1.54, 1.807) is 73.7 Å². The van der Waals surface area contributed by atoms with Crippen molar-refractivity contribution < 1.29 is 22.7 Å². The molecule has 0 fully saturated rings. The number of carbonyl (C=O) groups is 2. The zero-order chi connectivity index (χ0) is 26.3. The number of halogens is 1. The van der Waals surface area contributed by atoms with Gasteiger partial charge >= 0.3 is 0 Å². The van der Waals surface area contributed by atoms with Crippen LogP contribution in [-0.4, -0.2) is 51.9 Å². The Morgan fingerprint density at radius 3 is 2.25 bits per heavy atom. The van der Waals surface area contributed by atoms with E-state index in [0.717, 1.165) is 4.31 Å². The van der Waals surface area contributed by atoms with Crippen LogP contribution < -0.4 is 14.4 Å². The zero-order valence-electron chi connectivity index (χ0n) is 20.2. The minimum Gasteiger partial charge on any atom is -0.497 e. The fraction of sp³-hybridized carbons (Fsp3) is 0.231. The summed E-state index contributed by atoms with van der Waals surface area (Å²) in [5.74, 6) is -0.397. The van der Waals surface area contributed by atoms with E-state index < -0.39 is 28.5 Å². The predicted octanol–water partition coefficient (Wildman–Crippen LogP) is 3.71. The Labute approximate surface area is 216 Å². The molecule has 8 nitrogen and oxygen atoms in total. The van der Waals surface area contributed by atoms with Gasteiger partial charge in [0.05, 0.1) is 17.7 Å². The van der Waals surface area contributed by atoms with E-state index in [-0.39, 0.29) is 23.0 Å². The van der Waals surface area contributed by atoms with Gasteiger partial charge in [-0.05, 0) is 61.0 Å². The van der Waals surface area contributed by atoms with Gasteiger partial charge in [0.2, 0.25) is 11.8 Å². The van der Waals surface area contributed by atoms with E-state index in [1.165, 1.54) is 31.2 Å². The molecule has 36 heavy (non-hydrogen) atoms. The van der Waals surface area contributed by atoms with Crippen molar-refractivity contribution in [3.8, 4) is 5.75 Å². The van der Waals surface area contributed by atoms with E-state index in [9.17, 15) is 18.0 Å². The Morgan fingerprint density at radius 1 is 1.00 bits per heavy atom. The molecule has 3 rings (SSSR count). The van der Waals surface area contributed by atoms with Gasteiger partial charge in [0.15, 0.2) is 0 Å². The molecule has 0 saturated carbocycles. The molecule has 190 valence electrons. The monoisotopic (exact) mass is 529 g/mol. The number of carbonyl (C=O) groups excluding carboxylic acids is 2. The highest BCUT2D eigenvalue weighted by molar-refractivity contribution is 7.92. The first-order chi connectivity index (χ1) is 17.2. The average Bonchev–Trinajstić information content (AvgIpc) is 2.90. The van der Waals surface area contributed by atoms with Crippen molar-refractivity contribution in [1.82, 2.24) is 10.2 Å². The molecule has 0 saturated heterocycles. The molecule has 1 N–H and O–H groups in total. The fourth-order valence-electron chi connectivity index (χ4n) is 3.62. The number of anilines is 1. The number of methoxy groups -OCH3 is 1. The van der Waals surface area contributed by atoms with Crippen LogP contribution in [-0.2, 0) is 26.2 Å². The number of hydrogen-bond donors (Lipinski definition) is 1. The number of nitrogens with zero attached hydrogens (tertiary/aromatic N) is 2. The molecular weight excluding hydrogens is 502 g/mol. The van der Waals surface area contributed by atoms with Crippen molar-refractivity contribution in [2.75, 3.05) is 25.0 Å². The Morgan fingerprint density at radius 2 is 1.67 bits per heavy atom. The van der Waals surface area contributed by atoms with E-state index in [4.69, 9.17) is 16.3 Å². The third-order valence-electron chi connectivity index (χ3n) is 5.63. The van der Waals surface area contributed by atoms with Gasteiger partial charge in [-0.2, -0.15) is 0 Å². The molecule has 0 aliphatic carbocycles. The molecule has 3 aromatic rings. The van der Waals surface area contributed by atoms with E-state index in [2.05, 4.69) is 5.32 Å². The predicted molar refractivity (Wildman–Crippen MR) is 139 cm³/mol. The molecule has 0 radical (unpaired) electrons. The second-order valence-electron chi connectivity index (χ2n) is 7.96. The normalized spacial score (nSPS) is 11.9. The molecular formula is C26H28ClN3O5S. The van der Waals surface area contributed by atoms with Crippen LogP contribution in [0.4, 0.5) is 5.69 Å². The molecule has 2 amide bonds. The summed E-state index contributed by atoms with van der Waals surface area (Å²) in [6, 6.07) is 20.3. The summed E-state index contributed by atoms with van der Waals surface area (Å²) in [4.78, 5) is 27.5. The first-order valence-electron chi connectivity index (χ1n) is 11.1. The number of nitrogens with one attached hydrogen (secondary N) is 1. The second-order valence-corrected chi connectivity index (χ2v) is 10.3. The van der Waals surface area contributed by atoms with Crippen LogP contribution in [0.25, 0.3) is 0 Å². The van der Waals surface area contributed by atoms with Gasteiger partial charge in [0.1, 0.15) is 18.3 Å². The summed E-state index contributed by atoms with van der Waals surface area (Å²) in [5, 5.41) is 3.03. The highest BCUT2D eigenvalue weighted by Crippen LogP contribution is 2.26. The van der Waals surface area contributed by atoms with Crippen LogP contribution in [0.2, 0.25) is 5.02 Å². The second kappa shape index (κ2) is 11.9. The maximum Gasteiger partial charge on any atom is 0.264 e. The molecule has 0 bridgehead atoms. The largest absolute Gasteiger partial charge is 0.497 e. The van der Waals surface area contributed by atoms with Crippen molar-refractivity contribution in [3.63, 3.8) is 0 Å². The number of sulfonamides is 1. The summed E-state index contributed by atoms with van der Waals surface area (Å²) in [6.45, 7) is 1.13. The van der Waals surface area contributed by atoms with Gasteiger partial charge in [-0.25, -0.2) is 8.42 Å². The lowest BCUT2D eigenvalue weighted by molar-refractivity contribution is -0.139. The molecule has 3 aromatic carbocycles. The number of hydrogen-bond acceptors (Lipinski definition) is 5. The maximum atomic E-state index is 13.7. The van der Waals surface area contributed by atoms with Crippen LogP contribution in [0.1, 0.15) is 12.5 Å². The van der Waals surface area contributed by atoms with Gasteiger partial charge in [-0.15, -0.1) is 0 Å². The minimum absolute atomic E-state index is 0.0364. The third-order valence-corrected chi connectivity index (χ3v) is 7.65. The lowest BCUT2D eigenvalue weighted by atomic mass is 10.1. The zero-order valence-corrected chi connectivity index (χ0v) is 21.8. The lowest BCUT2D eigenvalue weighted by Crippen LogP contribution is -2.50. The van der Waals surface area contributed by atoms with Crippen LogP contribution in [0.15, 0.2) is 83.8 Å². The highest BCUT2D eigenvalue weighted by Gasteiger charge is 2.32. The number of rotatable bonds is 10. The topological polar surface area (TPSA) is 96.0 Å². The van der Waals surface area contributed by atoms with Gasteiger partial charge in [0.25, 0.3) is 10.0 Å². The quantitative estimate of drug-likeness (QED) is 0.432. The van der Waals surface area contributed by atoms with Crippen LogP contribution in [0.3, 0.4) is 0 Å². The van der Waals surface area contributed by atoms with Crippen LogP contribution in [0.5, 0.6) is 5.75 Å². The Kier molecular flexibility index (Phi) is 8.95. The SMILES string of the molecule is CNC(=O)C(C)N(Cc1cccc(Cl)c1)C(=O)CN(c1ccc(OC)cc1)S(=O)(=O)c1ccccc1. The molecule has 0 aliphatic rings. The first-order valence-corrected chi connectivity index (χ1v) is 13.0. The Balaban J connectivity index is 2.02. The van der Waals surface area contributed by atoms with Crippen molar-refractivity contribution in [1.29, 1.82) is 0 Å². The molecule has 0 heterocycles. The lowest BCUT2D eigenvalue weighted by Gasteiger charge is -2.31. The average molecular weight is 530 g/mol. The summed E-state index contributed by atoms with van der Waals surface area (Å²) >= 11 is 6.11. The van der Waals surface area contributed by atoms with Gasteiger partial charge < -0.3 is 15.0 Å². The van der Waals surface area contributed by atoms with Crippen molar-refractivity contribution in [3.05, 3.63) is 89.4 Å². The summed E-state index contributed by atoms with van der Waals surface area (Å²) in [7, 11) is -1.13.